The molecule has 0 aromatic heterocycles. The second-order valence-corrected chi connectivity index (χ2v) is 11.1. The summed E-state index contributed by atoms with van der Waals surface area (Å²) in [6.45, 7) is 5.44. The van der Waals surface area contributed by atoms with Crippen LogP contribution >= 0.6 is 0 Å². The summed E-state index contributed by atoms with van der Waals surface area (Å²) < 4.78 is 47.2. The molecule has 1 heterocycles. The van der Waals surface area contributed by atoms with Gasteiger partial charge >= 0.3 is 0 Å². The second kappa shape index (κ2) is 14.9. The molecule has 3 atom stereocenters. The normalized spacial score (nSPS) is 20.3. The monoisotopic (exact) mass is 528 g/mol. The van der Waals surface area contributed by atoms with Gasteiger partial charge in [-0.05, 0) is 72.9 Å². The maximum atomic E-state index is 15.1. The molecule has 3 unspecified atom stereocenters. The van der Waals surface area contributed by atoms with Gasteiger partial charge in [0, 0.05) is 0 Å². The van der Waals surface area contributed by atoms with Crippen molar-refractivity contribution >= 4 is 0 Å². The summed E-state index contributed by atoms with van der Waals surface area (Å²) in [4.78, 5) is 0. The van der Waals surface area contributed by atoms with Gasteiger partial charge in [-0.15, -0.1) is 0 Å². The summed E-state index contributed by atoms with van der Waals surface area (Å²) in [5.74, 6) is -0.518. The molecular formula is C33H46F2O3. The Hall–Kier alpha value is -2.14. The van der Waals surface area contributed by atoms with Gasteiger partial charge in [-0.3, -0.25) is 0 Å². The molecule has 1 aliphatic heterocycles. The van der Waals surface area contributed by atoms with Crippen molar-refractivity contribution < 1.29 is 23.0 Å². The maximum absolute atomic E-state index is 15.1. The van der Waals surface area contributed by atoms with Gasteiger partial charge in [0.05, 0.1) is 12.7 Å². The summed E-state index contributed by atoms with van der Waals surface area (Å²) in [6.07, 6.45) is 15.7. The molecular weight excluding hydrogens is 482 g/mol. The summed E-state index contributed by atoms with van der Waals surface area (Å²) in [7, 11) is 0. The van der Waals surface area contributed by atoms with Crippen molar-refractivity contribution in [3.8, 4) is 11.5 Å². The van der Waals surface area contributed by atoms with Crippen molar-refractivity contribution in [2.24, 2.45) is 0 Å². The van der Waals surface area contributed by atoms with E-state index in [0.717, 1.165) is 49.0 Å². The van der Waals surface area contributed by atoms with E-state index in [2.05, 4.69) is 26.0 Å². The number of fused-ring (bicyclic) bond motifs is 1. The third-order valence-corrected chi connectivity index (χ3v) is 8.13. The summed E-state index contributed by atoms with van der Waals surface area (Å²) in [5.41, 5.74) is 2.52. The molecule has 5 heteroatoms. The van der Waals surface area contributed by atoms with Crippen LogP contribution in [0.1, 0.15) is 114 Å². The van der Waals surface area contributed by atoms with Gasteiger partial charge in [-0.2, -0.15) is 4.39 Å². The Labute approximate surface area is 228 Å². The van der Waals surface area contributed by atoms with Crippen LogP contribution in [0, 0.1) is 11.6 Å². The SMILES string of the molecule is CCCCCCCCOc1cc2c(c(F)c1F)CC(c1ccc(OCC3OC3CCCCCC)cc1)CC2. The second-order valence-electron chi connectivity index (χ2n) is 11.1. The van der Waals surface area contributed by atoms with Gasteiger partial charge in [0.25, 0.3) is 0 Å². The number of aryl methyl sites for hydroxylation is 1. The first-order valence-corrected chi connectivity index (χ1v) is 15.1. The average molecular weight is 529 g/mol. The fourth-order valence-electron chi connectivity index (χ4n) is 5.63. The summed E-state index contributed by atoms with van der Waals surface area (Å²) in [5, 5.41) is 0. The number of epoxide rings is 1. The Balaban J connectivity index is 1.23. The molecule has 2 aromatic carbocycles. The molecule has 0 bridgehead atoms. The molecule has 0 radical (unpaired) electrons. The molecule has 2 aliphatic rings. The first-order valence-electron chi connectivity index (χ1n) is 15.1. The molecule has 0 spiro atoms. The molecule has 1 saturated heterocycles. The molecule has 38 heavy (non-hydrogen) atoms. The van der Waals surface area contributed by atoms with E-state index in [1.54, 1.807) is 6.07 Å². The zero-order valence-corrected chi connectivity index (χ0v) is 23.4. The lowest BCUT2D eigenvalue weighted by Crippen LogP contribution is -2.16. The lowest BCUT2D eigenvalue weighted by molar-refractivity contribution is 0.259. The van der Waals surface area contributed by atoms with Crippen LogP contribution in [0.4, 0.5) is 8.78 Å². The zero-order valence-electron chi connectivity index (χ0n) is 23.4. The van der Waals surface area contributed by atoms with Gasteiger partial charge in [0.1, 0.15) is 18.5 Å². The number of benzene rings is 2. The van der Waals surface area contributed by atoms with Crippen LogP contribution in [0.3, 0.4) is 0 Å². The number of hydrogen-bond acceptors (Lipinski definition) is 3. The minimum absolute atomic E-state index is 0.0672. The highest BCUT2D eigenvalue weighted by Gasteiger charge is 2.38. The molecule has 2 aromatic rings. The van der Waals surface area contributed by atoms with E-state index in [1.165, 1.54) is 51.4 Å². The summed E-state index contributed by atoms with van der Waals surface area (Å²) in [6, 6.07) is 9.83. The van der Waals surface area contributed by atoms with E-state index in [1.807, 2.05) is 12.1 Å². The fraction of sp³-hybridized carbons (Fsp3) is 0.636. The Morgan fingerprint density at radius 3 is 2.29 bits per heavy atom. The largest absolute Gasteiger partial charge is 0.491 e. The van der Waals surface area contributed by atoms with Gasteiger partial charge in [-0.25, -0.2) is 4.39 Å². The molecule has 4 rings (SSSR count). The van der Waals surface area contributed by atoms with Gasteiger partial charge in [0.15, 0.2) is 11.6 Å². The molecule has 210 valence electrons. The number of rotatable bonds is 17. The van der Waals surface area contributed by atoms with Crippen molar-refractivity contribution in [1.29, 1.82) is 0 Å². The van der Waals surface area contributed by atoms with Crippen molar-refractivity contribution in [2.45, 2.75) is 122 Å². The maximum Gasteiger partial charge on any atom is 0.200 e. The zero-order chi connectivity index (χ0) is 26.7. The van der Waals surface area contributed by atoms with Gasteiger partial charge in [0.2, 0.25) is 5.82 Å². The van der Waals surface area contributed by atoms with Crippen LogP contribution in [-0.2, 0) is 17.6 Å². The Morgan fingerprint density at radius 1 is 0.816 bits per heavy atom. The van der Waals surface area contributed by atoms with Crippen LogP contribution in [0.5, 0.6) is 11.5 Å². The molecule has 1 aliphatic carbocycles. The quantitative estimate of drug-likeness (QED) is 0.152. The van der Waals surface area contributed by atoms with Crippen LogP contribution in [0.15, 0.2) is 30.3 Å². The molecule has 3 nitrogen and oxygen atoms in total. The number of hydrogen-bond donors (Lipinski definition) is 0. The smallest absolute Gasteiger partial charge is 0.200 e. The van der Waals surface area contributed by atoms with Crippen molar-refractivity contribution in [3.63, 3.8) is 0 Å². The van der Waals surface area contributed by atoms with Gasteiger partial charge < -0.3 is 14.2 Å². The van der Waals surface area contributed by atoms with E-state index >= 15 is 4.39 Å². The number of halogens is 2. The van der Waals surface area contributed by atoms with Crippen molar-refractivity contribution in [1.82, 2.24) is 0 Å². The standard InChI is InChI=1S/C33H46F2O3/c1-3-5-7-9-10-12-20-36-30-22-26-15-14-25(21-28(26)32(34)33(30)35)24-16-18-27(19-17-24)37-23-31-29(38-31)13-11-8-6-4-2/h16-19,22,25,29,31H,3-15,20-21,23H2,1-2H3. The minimum Gasteiger partial charge on any atom is -0.491 e. The van der Waals surface area contributed by atoms with E-state index in [9.17, 15) is 4.39 Å². The highest BCUT2D eigenvalue weighted by atomic mass is 19.2. The highest BCUT2D eigenvalue weighted by Crippen LogP contribution is 2.38. The third-order valence-electron chi connectivity index (χ3n) is 8.13. The predicted molar refractivity (Wildman–Crippen MR) is 149 cm³/mol. The molecule has 0 amide bonds. The topological polar surface area (TPSA) is 31.0 Å². The number of unbranched alkanes of at least 4 members (excludes halogenated alkanes) is 8. The minimum atomic E-state index is -0.843. The van der Waals surface area contributed by atoms with Gasteiger partial charge in [-0.1, -0.05) is 83.8 Å². The van der Waals surface area contributed by atoms with Crippen molar-refractivity contribution in [2.75, 3.05) is 13.2 Å². The first-order chi connectivity index (χ1) is 18.6. The Bertz CT molecular complexity index is 991. The van der Waals surface area contributed by atoms with Crippen LogP contribution in [0.25, 0.3) is 0 Å². The molecule has 0 N–H and O–H groups in total. The number of ether oxygens (including phenoxy) is 3. The van der Waals surface area contributed by atoms with Crippen LogP contribution < -0.4 is 9.47 Å². The Kier molecular flexibility index (Phi) is 11.3. The average Bonchev–Trinajstić information content (AvgIpc) is 3.70. The fourth-order valence-corrected chi connectivity index (χ4v) is 5.63. The molecule has 0 saturated carbocycles. The van der Waals surface area contributed by atoms with E-state index in [4.69, 9.17) is 14.2 Å². The molecule has 1 fully saturated rings. The van der Waals surface area contributed by atoms with Crippen molar-refractivity contribution in [3.05, 3.63) is 58.7 Å². The van der Waals surface area contributed by atoms with E-state index < -0.39 is 11.6 Å². The summed E-state index contributed by atoms with van der Waals surface area (Å²) >= 11 is 0. The lowest BCUT2D eigenvalue weighted by atomic mass is 9.80. The lowest BCUT2D eigenvalue weighted by Gasteiger charge is -2.26. The van der Waals surface area contributed by atoms with E-state index in [-0.39, 0.29) is 17.8 Å². The van der Waals surface area contributed by atoms with E-state index in [0.29, 0.717) is 31.3 Å². The first kappa shape index (κ1) is 28.9. The Morgan fingerprint density at radius 2 is 1.53 bits per heavy atom. The van der Waals surface area contributed by atoms with Crippen LogP contribution in [-0.4, -0.2) is 25.4 Å². The van der Waals surface area contributed by atoms with Crippen LogP contribution in [0.2, 0.25) is 0 Å². The predicted octanol–water partition coefficient (Wildman–Crippen LogP) is 9.09. The third kappa shape index (κ3) is 8.18. The highest BCUT2D eigenvalue weighted by molar-refractivity contribution is 5.42.